The Morgan fingerprint density at radius 2 is 2.07 bits per heavy atom. The summed E-state index contributed by atoms with van der Waals surface area (Å²) in [7, 11) is 1.83. The van der Waals surface area contributed by atoms with Crippen molar-refractivity contribution in [3.63, 3.8) is 0 Å². The first-order chi connectivity index (χ1) is 14.0. The Morgan fingerprint density at radius 3 is 2.79 bits per heavy atom. The highest BCUT2D eigenvalue weighted by Gasteiger charge is 2.19. The maximum Gasteiger partial charge on any atom is 0.358 e. The van der Waals surface area contributed by atoms with E-state index in [2.05, 4.69) is 10.1 Å². The summed E-state index contributed by atoms with van der Waals surface area (Å²) in [5, 5.41) is 14.2. The van der Waals surface area contributed by atoms with Crippen LogP contribution in [0.25, 0.3) is 28.0 Å². The lowest BCUT2D eigenvalue weighted by atomic mass is 10.1. The van der Waals surface area contributed by atoms with E-state index >= 15 is 0 Å². The van der Waals surface area contributed by atoms with Gasteiger partial charge in [-0.3, -0.25) is 9.25 Å². The normalized spacial score (nSPS) is 10.8. The highest BCUT2D eigenvalue weighted by molar-refractivity contribution is 5.88. The molecule has 0 amide bonds. The number of ether oxygens (including phenoxy) is 1. The van der Waals surface area contributed by atoms with Crippen LogP contribution in [0.4, 0.5) is 4.39 Å². The molecular weight excluding hydrogens is 373 g/mol. The monoisotopic (exact) mass is 389 g/mol. The van der Waals surface area contributed by atoms with E-state index in [9.17, 15) is 9.18 Å². The summed E-state index contributed by atoms with van der Waals surface area (Å²) in [6.45, 7) is 1.93. The molecule has 0 saturated carbocycles. The van der Waals surface area contributed by atoms with Crippen molar-refractivity contribution in [3.8, 4) is 23.1 Å². The third-order valence-electron chi connectivity index (χ3n) is 4.42. The standard InChI is InChI=1S/C21H16FN5O2/c1-3-29-21(28)19-12-27(16-6-7-18-15(8-16)11-26(2)25-18)20(24-19)13-4-5-14(10-23)17(22)9-13/h4-9,11-12H,3H2,1-2H3. The molecule has 0 saturated heterocycles. The second-order valence-electron chi connectivity index (χ2n) is 6.39. The number of aryl methyl sites for hydroxylation is 1. The van der Waals surface area contributed by atoms with Crippen LogP contribution in [-0.2, 0) is 11.8 Å². The van der Waals surface area contributed by atoms with Crippen LogP contribution in [-0.4, -0.2) is 31.9 Å². The van der Waals surface area contributed by atoms with Gasteiger partial charge in [0.2, 0.25) is 0 Å². The lowest BCUT2D eigenvalue weighted by molar-refractivity contribution is 0.0520. The number of hydrogen-bond donors (Lipinski definition) is 0. The highest BCUT2D eigenvalue weighted by Crippen LogP contribution is 2.27. The third kappa shape index (κ3) is 3.34. The number of aromatic nitrogens is 4. The smallest absolute Gasteiger partial charge is 0.358 e. The molecule has 0 radical (unpaired) electrons. The highest BCUT2D eigenvalue weighted by atomic mass is 19.1. The maximum atomic E-state index is 14.2. The zero-order valence-corrected chi connectivity index (χ0v) is 15.8. The van der Waals surface area contributed by atoms with E-state index in [4.69, 9.17) is 10.00 Å². The largest absolute Gasteiger partial charge is 0.461 e. The number of halogens is 1. The van der Waals surface area contributed by atoms with Crippen LogP contribution >= 0.6 is 0 Å². The minimum atomic E-state index is -0.653. The second kappa shape index (κ2) is 7.20. The van der Waals surface area contributed by atoms with Crippen LogP contribution in [0.1, 0.15) is 23.0 Å². The van der Waals surface area contributed by atoms with Gasteiger partial charge in [-0.25, -0.2) is 14.2 Å². The first-order valence-corrected chi connectivity index (χ1v) is 8.90. The topological polar surface area (TPSA) is 85.7 Å². The minimum Gasteiger partial charge on any atom is -0.461 e. The second-order valence-corrected chi connectivity index (χ2v) is 6.39. The lowest BCUT2D eigenvalue weighted by Gasteiger charge is -2.08. The average Bonchev–Trinajstić information content (AvgIpc) is 3.30. The molecule has 2 aromatic heterocycles. The van der Waals surface area contributed by atoms with Gasteiger partial charge in [-0.05, 0) is 43.3 Å². The van der Waals surface area contributed by atoms with Crippen molar-refractivity contribution in [1.82, 2.24) is 19.3 Å². The van der Waals surface area contributed by atoms with E-state index in [1.54, 1.807) is 34.5 Å². The fraction of sp³-hybridized carbons (Fsp3) is 0.143. The number of hydrogen-bond acceptors (Lipinski definition) is 5. The van der Waals surface area contributed by atoms with E-state index in [-0.39, 0.29) is 17.9 Å². The molecule has 4 aromatic rings. The zero-order chi connectivity index (χ0) is 20.5. The molecule has 0 bridgehead atoms. The summed E-state index contributed by atoms with van der Waals surface area (Å²) in [6, 6.07) is 11.6. The Labute approximate surface area is 165 Å². The molecule has 4 rings (SSSR count). The maximum absolute atomic E-state index is 14.2. The molecule has 0 N–H and O–H groups in total. The van der Waals surface area contributed by atoms with Crippen LogP contribution in [0.5, 0.6) is 0 Å². The van der Waals surface area contributed by atoms with E-state index in [1.807, 2.05) is 31.4 Å². The van der Waals surface area contributed by atoms with Crippen molar-refractivity contribution < 1.29 is 13.9 Å². The van der Waals surface area contributed by atoms with Crippen molar-refractivity contribution >= 4 is 16.9 Å². The molecule has 29 heavy (non-hydrogen) atoms. The van der Waals surface area contributed by atoms with Gasteiger partial charge in [-0.2, -0.15) is 10.4 Å². The Bertz CT molecular complexity index is 1280. The Hall–Kier alpha value is -3.99. The molecule has 144 valence electrons. The molecule has 7 nitrogen and oxygen atoms in total. The minimum absolute atomic E-state index is 0.0609. The number of rotatable bonds is 4. The Morgan fingerprint density at radius 1 is 1.24 bits per heavy atom. The zero-order valence-electron chi connectivity index (χ0n) is 15.8. The van der Waals surface area contributed by atoms with Crippen molar-refractivity contribution in [3.05, 3.63) is 65.9 Å². The number of carbonyl (C=O) groups excluding carboxylic acids is 1. The van der Waals surface area contributed by atoms with Gasteiger partial charge in [0.25, 0.3) is 0 Å². The number of imidazole rings is 1. The number of carbonyl (C=O) groups is 1. The fourth-order valence-corrected chi connectivity index (χ4v) is 3.12. The van der Waals surface area contributed by atoms with Gasteiger partial charge in [-0.1, -0.05) is 0 Å². The van der Waals surface area contributed by atoms with Crippen LogP contribution < -0.4 is 0 Å². The molecule has 2 heterocycles. The molecule has 0 aliphatic rings. The van der Waals surface area contributed by atoms with Gasteiger partial charge in [0.1, 0.15) is 17.7 Å². The molecular formula is C21H16FN5O2. The number of esters is 1. The van der Waals surface area contributed by atoms with Gasteiger partial charge in [0, 0.05) is 36.1 Å². The predicted molar refractivity (Wildman–Crippen MR) is 104 cm³/mol. The molecule has 0 unspecified atom stereocenters. The van der Waals surface area contributed by atoms with Crippen molar-refractivity contribution in [2.24, 2.45) is 7.05 Å². The van der Waals surface area contributed by atoms with E-state index < -0.39 is 11.8 Å². The van der Waals surface area contributed by atoms with E-state index in [1.165, 1.54) is 12.1 Å². The van der Waals surface area contributed by atoms with Gasteiger partial charge < -0.3 is 4.74 Å². The summed E-state index contributed by atoms with van der Waals surface area (Å²) in [5.74, 6) is -0.858. The molecule has 2 aromatic carbocycles. The van der Waals surface area contributed by atoms with Gasteiger partial charge >= 0.3 is 5.97 Å². The molecule has 0 aliphatic heterocycles. The molecule has 0 aliphatic carbocycles. The number of benzene rings is 2. The van der Waals surface area contributed by atoms with E-state index in [0.717, 1.165) is 16.6 Å². The predicted octanol–water partition coefficient (Wildman–Crippen LogP) is 3.61. The summed E-state index contributed by atoms with van der Waals surface area (Å²) in [5.41, 5.74) is 2.04. The van der Waals surface area contributed by atoms with Crippen LogP contribution in [0, 0.1) is 17.1 Å². The van der Waals surface area contributed by atoms with Gasteiger partial charge in [0.05, 0.1) is 17.7 Å². The van der Waals surface area contributed by atoms with Crippen LogP contribution in [0.2, 0.25) is 0 Å². The number of nitriles is 1. The van der Waals surface area contributed by atoms with E-state index in [0.29, 0.717) is 11.4 Å². The number of nitrogens with zero attached hydrogens (tertiary/aromatic N) is 5. The Balaban J connectivity index is 1.90. The van der Waals surface area contributed by atoms with Crippen molar-refractivity contribution in [2.45, 2.75) is 6.92 Å². The first kappa shape index (κ1) is 18.4. The fourth-order valence-electron chi connectivity index (χ4n) is 3.12. The third-order valence-corrected chi connectivity index (χ3v) is 4.42. The van der Waals surface area contributed by atoms with Crippen molar-refractivity contribution in [1.29, 1.82) is 5.26 Å². The summed E-state index contributed by atoms with van der Waals surface area (Å²) in [4.78, 5) is 16.6. The van der Waals surface area contributed by atoms with Gasteiger partial charge in [0.15, 0.2) is 5.69 Å². The molecule has 0 spiro atoms. The van der Waals surface area contributed by atoms with Gasteiger partial charge in [-0.15, -0.1) is 0 Å². The number of fused-ring (bicyclic) bond motifs is 1. The first-order valence-electron chi connectivity index (χ1n) is 8.90. The molecule has 8 heteroatoms. The molecule has 0 atom stereocenters. The molecule has 0 fully saturated rings. The van der Waals surface area contributed by atoms with Crippen molar-refractivity contribution in [2.75, 3.05) is 6.61 Å². The van der Waals surface area contributed by atoms with Crippen LogP contribution in [0.3, 0.4) is 0 Å². The summed E-state index contributed by atoms with van der Waals surface area (Å²) < 4.78 is 22.7. The summed E-state index contributed by atoms with van der Waals surface area (Å²) >= 11 is 0. The average molecular weight is 389 g/mol. The summed E-state index contributed by atoms with van der Waals surface area (Å²) in [6.07, 6.45) is 3.43. The lowest BCUT2D eigenvalue weighted by Crippen LogP contribution is -2.04. The van der Waals surface area contributed by atoms with Crippen LogP contribution in [0.15, 0.2) is 48.8 Å². The Kier molecular flexibility index (Phi) is 4.56. The SMILES string of the molecule is CCOC(=O)c1cn(-c2ccc3nn(C)cc3c2)c(-c2ccc(C#N)c(F)c2)n1. The quantitative estimate of drug-likeness (QED) is 0.498.